The minimum Gasteiger partial charge on any atom is -0.488 e. The van der Waals surface area contributed by atoms with Gasteiger partial charge in [0.1, 0.15) is 17.9 Å². The Morgan fingerprint density at radius 1 is 0.923 bits per heavy atom. The molecule has 0 spiro atoms. The van der Waals surface area contributed by atoms with Gasteiger partial charge in [0.15, 0.2) is 0 Å². The van der Waals surface area contributed by atoms with E-state index in [2.05, 4.69) is 0 Å². The van der Waals surface area contributed by atoms with Crippen molar-refractivity contribution in [2.75, 3.05) is 0 Å². The standard InChI is InChI=1S/C21H14Cl2O3/c1-12-19(25-11-13-6-8-17(22)18(23)10-13)9-7-15-14-4-2-3-5-16(14)21(24)26-20(12)15/h2-10H,11H2,1H3. The molecule has 0 saturated carbocycles. The van der Waals surface area contributed by atoms with Gasteiger partial charge in [0, 0.05) is 10.9 Å². The van der Waals surface area contributed by atoms with E-state index in [4.69, 9.17) is 32.4 Å². The summed E-state index contributed by atoms with van der Waals surface area (Å²) in [5, 5.41) is 3.33. The Kier molecular flexibility index (Phi) is 4.35. The first-order chi connectivity index (χ1) is 12.5. The Morgan fingerprint density at radius 2 is 1.69 bits per heavy atom. The van der Waals surface area contributed by atoms with Crippen molar-refractivity contribution in [3.8, 4) is 5.75 Å². The van der Waals surface area contributed by atoms with E-state index in [0.717, 1.165) is 21.9 Å². The Hall–Kier alpha value is -2.49. The predicted molar refractivity (Wildman–Crippen MR) is 106 cm³/mol. The van der Waals surface area contributed by atoms with Gasteiger partial charge < -0.3 is 9.15 Å². The van der Waals surface area contributed by atoms with Gasteiger partial charge in [-0.15, -0.1) is 0 Å². The van der Waals surface area contributed by atoms with Crippen molar-refractivity contribution in [2.24, 2.45) is 0 Å². The fourth-order valence-corrected chi connectivity index (χ4v) is 3.33. The Labute approximate surface area is 159 Å². The van der Waals surface area contributed by atoms with Gasteiger partial charge in [-0.3, -0.25) is 0 Å². The third-order valence-corrected chi connectivity index (χ3v) is 5.11. The van der Waals surface area contributed by atoms with Crippen LogP contribution in [0, 0.1) is 6.92 Å². The molecular formula is C21H14Cl2O3. The van der Waals surface area contributed by atoms with Crippen molar-refractivity contribution in [3.05, 3.63) is 86.2 Å². The third kappa shape index (κ3) is 2.94. The maximum atomic E-state index is 12.3. The molecule has 4 aromatic rings. The van der Waals surface area contributed by atoms with E-state index < -0.39 is 0 Å². The van der Waals surface area contributed by atoms with Crippen molar-refractivity contribution >= 4 is 44.9 Å². The number of aryl methyl sites for hydroxylation is 1. The molecule has 0 aliphatic carbocycles. The number of halogens is 2. The number of rotatable bonds is 3. The summed E-state index contributed by atoms with van der Waals surface area (Å²) >= 11 is 12.0. The van der Waals surface area contributed by atoms with Gasteiger partial charge >= 0.3 is 5.63 Å². The first kappa shape index (κ1) is 17.0. The lowest BCUT2D eigenvalue weighted by Crippen LogP contribution is -2.02. The molecule has 0 atom stereocenters. The summed E-state index contributed by atoms with van der Waals surface area (Å²) in [5.41, 5.74) is 1.88. The molecule has 4 rings (SSSR count). The fourth-order valence-electron chi connectivity index (χ4n) is 3.01. The molecule has 1 heterocycles. The maximum absolute atomic E-state index is 12.3. The van der Waals surface area contributed by atoms with Crippen molar-refractivity contribution in [3.63, 3.8) is 0 Å². The highest BCUT2D eigenvalue weighted by Gasteiger charge is 2.12. The van der Waals surface area contributed by atoms with Gasteiger partial charge in [0.25, 0.3) is 0 Å². The third-order valence-electron chi connectivity index (χ3n) is 4.37. The van der Waals surface area contributed by atoms with Crippen LogP contribution in [-0.4, -0.2) is 0 Å². The molecule has 0 fully saturated rings. The Morgan fingerprint density at radius 3 is 2.46 bits per heavy atom. The summed E-state index contributed by atoms with van der Waals surface area (Å²) in [6.45, 7) is 2.21. The highest BCUT2D eigenvalue weighted by molar-refractivity contribution is 6.42. The van der Waals surface area contributed by atoms with Crippen molar-refractivity contribution < 1.29 is 9.15 Å². The lowest BCUT2D eigenvalue weighted by atomic mass is 10.0. The van der Waals surface area contributed by atoms with Crippen LogP contribution in [0.2, 0.25) is 10.0 Å². The van der Waals surface area contributed by atoms with E-state index in [0.29, 0.717) is 33.4 Å². The lowest BCUT2D eigenvalue weighted by molar-refractivity contribution is 0.304. The van der Waals surface area contributed by atoms with Crippen LogP contribution in [-0.2, 0) is 6.61 Å². The molecule has 0 aliphatic rings. The zero-order chi connectivity index (χ0) is 18.3. The van der Waals surface area contributed by atoms with Crippen LogP contribution in [0.1, 0.15) is 11.1 Å². The molecule has 5 heteroatoms. The quantitative estimate of drug-likeness (QED) is 0.314. The van der Waals surface area contributed by atoms with Gasteiger partial charge in [-0.05, 0) is 48.2 Å². The largest absolute Gasteiger partial charge is 0.488 e. The molecule has 0 bridgehead atoms. The minimum atomic E-state index is -0.349. The second-order valence-corrected chi connectivity index (χ2v) is 6.85. The van der Waals surface area contributed by atoms with Gasteiger partial charge in [-0.25, -0.2) is 4.79 Å². The molecule has 0 saturated heterocycles. The summed E-state index contributed by atoms with van der Waals surface area (Å²) in [6.07, 6.45) is 0. The molecule has 0 amide bonds. The maximum Gasteiger partial charge on any atom is 0.344 e. The van der Waals surface area contributed by atoms with Crippen molar-refractivity contribution in [2.45, 2.75) is 13.5 Å². The summed E-state index contributed by atoms with van der Waals surface area (Å²) in [6, 6.07) is 16.6. The van der Waals surface area contributed by atoms with Crippen LogP contribution in [0.15, 0.2) is 63.8 Å². The molecule has 0 radical (unpaired) electrons. The topological polar surface area (TPSA) is 39.4 Å². The normalized spacial score (nSPS) is 11.2. The summed E-state index contributed by atoms with van der Waals surface area (Å²) in [4.78, 5) is 12.3. The molecule has 1 aromatic heterocycles. The fraction of sp³-hybridized carbons (Fsp3) is 0.0952. The number of ether oxygens (including phenoxy) is 1. The van der Waals surface area contributed by atoms with Crippen LogP contribution < -0.4 is 10.4 Å². The first-order valence-electron chi connectivity index (χ1n) is 8.06. The Balaban J connectivity index is 1.74. The number of fused-ring (bicyclic) bond motifs is 3. The molecular weight excluding hydrogens is 371 g/mol. The second-order valence-electron chi connectivity index (χ2n) is 6.04. The SMILES string of the molecule is Cc1c(OCc2ccc(Cl)c(Cl)c2)ccc2c1oc(=O)c1ccccc12. The molecule has 130 valence electrons. The van der Waals surface area contributed by atoms with Crippen molar-refractivity contribution in [1.82, 2.24) is 0 Å². The summed E-state index contributed by atoms with van der Waals surface area (Å²) < 4.78 is 11.5. The highest BCUT2D eigenvalue weighted by atomic mass is 35.5. The molecule has 0 unspecified atom stereocenters. The molecule has 3 nitrogen and oxygen atoms in total. The average molecular weight is 385 g/mol. The number of hydrogen-bond acceptors (Lipinski definition) is 3. The lowest BCUT2D eigenvalue weighted by Gasteiger charge is -2.12. The predicted octanol–water partition coefficient (Wildman–Crippen LogP) is 6.14. The van der Waals surface area contributed by atoms with E-state index in [-0.39, 0.29) is 5.63 Å². The average Bonchev–Trinajstić information content (AvgIpc) is 2.65. The molecule has 0 aliphatic heterocycles. The van der Waals surface area contributed by atoms with Crippen LogP contribution in [0.4, 0.5) is 0 Å². The van der Waals surface area contributed by atoms with E-state index >= 15 is 0 Å². The van der Waals surface area contributed by atoms with Crippen molar-refractivity contribution in [1.29, 1.82) is 0 Å². The summed E-state index contributed by atoms with van der Waals surface area (Å²) in [7, 11) is 0. The Bertz CT molecular complexity index is 1200. The molecule has 26 heavy (non-hydrogen) atoms. The number of hydrogen-bond donors (Lipinski definition) is 0. The minimum absolute atomic E-state index is 0.334. The van der Waals surface area contributed by atoms with E-state index in [1.54, 1.807) is 18.2 Å². The van der Waals surface area contributed by atoms with Gasteiger partial charge in [-0.2, -0.15) is 0 Å². The number of benzene rings is 3. The zero-order valence-corrected chi connectivity index (χ0v) is 15.4. The highest BCUT2D eigenvalue weighted by Crippen LogP contribution is 2.31. The second kappa shape index (κ2) is 6.67. The molecule has 0 N–H and O–H groups in total. The van der Waals surface area contributed by atoms with Crippen LogP contribution in [0.25, 0.3) is 21.7 Å². The van der Waals surface area contributed by atoms with Crippen LogP contribution in [0.5, 0.6) is 5.75 Å². The first-order valence-corrected chi connectivity index (χ1v) is 8.82. The van der Waals surface area contributed by atoms with Gasteiger partial charge in [0.05, 0.1) is 15.4 Å². The smallest absolute Gasteiger partial charge is 0.344 e. The summed E-state index contributed by atoms with van der Waals surface area (Å²) in [5.74, 6) is 0.655. The van der Waals surface area contributed by atoms with Gasteiger partial charge in [-0.1, -0.05) is 47.5 Å². The van der Waals surface area contributed by atoms with E-state index in [1.807, 2.05) is 43.3 Å². The van der Waals surface area contributed by atoms with E-state index in [9.17, 15) is 4.79 Å². The van der Waals surface area contributed by atoms with E-state index in [1.165, 1.54) is 0 Å². The zero-order valence-electron chi connectivity index (χ0n) is 13.9. The molecule has 3 aromatic carbocycles. The van der Waals surface area contributed by atoms with Gasteiger partial charge in [0.2, 0.25) is 0 Å². The monoisotopic (exact) mass is 384 g/mol. The van der Waals surface area contributed by atoms with Crippen LogP contribution >= 0.6 is 23.2 Å². The van der Waals surface area contributed by atoms with Crippen LogP contribution in [0.3, 0.4) is 0 Å².